The number of benzene rings is 1. The molecule has 62 valence electrons. The normalized spacial score (nSPS) is 12.1. The molecule has 3 nitrogen and oxygen atoms in total. The summed E-state index contributed by atoms with van der Waals surface area (Å²) in [5, 5.41) is 26.6. The third-order valence-corrected chi connectivity index (χ3v) is 2.12. The van der Waals surface area contributed by atoms with Gasteiger partial charge in [0.2, 0.25) is 0 Å². The highest BCUT2D eigenvalue weighted by Crippen LogP contribution is 2.26. The van der Waals surface area contributed by atoms with Crippen LogP contribution < -0.4 is 0 Å². The van der Waals surface area contributed by atoms with Gasteiger partial charge in [-0.25, -0.2) is 0 Å². The summed E-state index contributed by atoms with van der Waals surface area (Å²) in [4.78, 5) is 0. The fourth-order valence-electron chi connectivity index (χ4n) is 0.810. The van der Waals surface area contributed by atoms with E-state index in [9.17, 15) is 0 Å². The van der Waals surface area contributed by atoms with Crippen LogP contribution in [0.4, 0.5) is 0 Å². The van der Waals surface area contributed by atoms with E-state index in [2.05, 4.69) is 15.9 Å². The Hall–Kier alpha value is -1.05. The Morgan fingerprint density at radius 3 is 2.75 bits per heavy atom. The van der Waals surface area contributed by atoms with Crippen molar-refractivity contribution in [2.45, 2.75) is 6.10 Å². The minimum Gasteiger partial charge on any atom is -0.508 e. The van der Waals surface area contributed by atoms with Gasteiger partial charge in [0.25, 0.3) is 0 Å². The van der Waals surface area contributed by atoms with E-state index < -0.39 is 6.10 Å². The molecule has 0 unspecified atom stereocenters. The number of rotatable bonds is 1. The Morgan fingerprint density at radius 1 is 1.50 bits per heavy atom. The zero-order valence-corrected chi connectivity index (χ0v) is 7.62. The first kappa shape index (κ1) is 9.04. The number of aromatic hydroxyl groups is 1. The highest BCUT2D eigenvalue weighted by Gasteiger charge is 2.10. The first-order chi connectivity index (χ1) is 5.65. The van der Waals surface area contributed by atoms with Crippen molar-refractivity contribution >= 4 is 15.9 Å². The highest BCUT2D eigenvalue weighted by molar-refractivity contribution is 9.10. The summed E-state index contributed by atoms with van der Waals surface area (Å²) in [6.07, 6.45) is -1.20. The van der Waals surface area contributed by atoms with Gasteiger partial charge in [-0.15, -0.1) is 0 Å². The number of halogens is 1. The van der Waals surface area contributed by atoms with Crippen molar-refractivity contribution < 1.29 is 10.2 Å². The molecule has 0 amide bonds. The smallest absolute Gasteiger partial charge is 0.167 e. The lowest BCUT2D eigenvalue weighted by atomic mass is 10.1. The standard InChI is InChI=1S/C8H6BrNO2/c9-7-2-1-5(11)3-6(7)8(12)4-10/h1-3,8,11-12H/t8-/m0/s1. The summed E-state index contributed by atoms with van der Waals surface area (Å²) in [5.41, 5.74) is 0.373. The van der Waals surface area contributed by atoms with Crippen molar-refractivity contribution in [3.05, 3.63) is 28.2 Å². The molecule has 0 saturated heterocycles. The van der Waals surface area contributed by atoms with Crippen LogP contribution in [0.15, 0.2) is 22.7 Å². The molecule has 0 bridgehead atoms. The number of nitriles is 1. The average molecular weight is 228 g/mol. The summed E-state index contributed by atoms with van der Waals surface area (Å²) in [6, 6.07) is 6.05. The van der Waals surface area contributed by atoms with Crippen LogP contribution in [0, 0.1) is 11.3 Å². The van der Waals surface area contributed by atoms with Crippen LogP contribution in [-0.2, 0) is 0 Å². The number of phenols is 1. The summed E-state index contributed by atoms with van der Waals surface area (Å²) >= 11 is 3.15. The van der Waals surface area contributed by atoms with Crippen molar-refractivity contribution in [1.82, 2.24) is 0 Å². The lowest BCUT2D eigenvalue weighted by molar-refractivity contribution is 0.234. The van der Waals surface area contributed by atoms with Crippen LogP contribution >= 0.6 is 15.9 Å². The van der Waals surface area contributed by atoms with E-state index in [1.54, 1.807) is 12.1 Å². The minimum absolute atomic E-state index is 0.0301. The van der Waals surface area contributed by atoms with E-state index in [1.807, 2.05) is 0 Å². The SMILES string of the molecule is N#C[C@H](O)c1cc(O)ccc1Br. The van der Waals surface area contributed by atoms with E-state index >= 15 is 0 Å². The molecule has 2 N–H and O–H groups in total. The Bertz CT molecular complexity index is 332. The lowest BCUT2D eigenvalue weighted by Crippen LogP contribution is -1.93. The second-order valence-corrected chi connectivity index (χ2v) is 3.09. The van der Waals surface area contributed by atoms with Gasteiger partial charge in [-0.3, -0.25) is 0 Å². The maximum Gasteiger partial charge on any atom is 0.167 e. The van der Waals surface area contributed by atoms with Gasteiger partial charge in [-0.1, -0.05) is 15.9 Å². The predicted octanol–water partition coefficient (Wildman–Crippen LogP) is 1.71. The minimum atomic E-state index is -1.20. The van der Waals surface area contributed by atoms with Gasteiger partial charge in [0.1, 0.15) is 5.75 Å². The first-order valence-corrected chi connectivity index (χ1v) is 4.00. The van der Waals surface area contributed by atoms with E-state index in [4.69, 9.17) is 15.5 Å². The molecule has 1 aromatic rings. The Kier molecular flexibility index (Phi) is 2.69. The third-order valence-electron chi connectivity index (χ3n) is 1.40. The van der Waals surface area contributed by atoms with E-state index in [0.29, 0.717) is 10.0 Å². The van der Waals surface area contributed by atoms with Gasteiger partial charge in [0.05, 0.1) is 6.07 Å². The molecule has 4 heteroatoms. The first-order valence-electron chi connectivity index (χ1n) is 3.21. The van der Waals surface area contributed by atoms with Crippen LogP contribution in [0.25, 0.3) is 0 Å². The molecule has 0 aliphatic carbocycles. The molecular weight excluding hydrogens is 222 g/mol. The van der Waals surface area contributed by atoms with Crippen LogP contribution in [0.1, 0.15) is 11.7 Å². The van der Waals surface area contributed by atoms with Crippen LogP contribution in [0.3, 0.4) is 0 Å². The average Bonchev–Trinajstić information content (AvgIpc) is 2.08. The number of phenolic OH excluding ortho intramolecular Hbond substituents is 1. The zero-order chi connectivity index (χ0) is 9.14. The number of hydrogen-bond donors (Lipinski definition) is 2. The van der Waals surface area contributed by atoms with Gasteiger partial charge in [0.15, 0.2) is 6.10 Å². The van der Waals surface area contributed by atoms with E-state index in [0.717, 1.165) is 0 Å². The molecular formula is C8H6BrNO2. The van der Waals surface area contributed by atoms with Gasteiger partial charge in [-0.2, -0.15) is 5.26 Å². The Labute approximate surface area is 78.0 Å². The van der Waals surface area contributed by atoms with E-state index in [-0.39, 0.29) is 5.75 Å². The van der Waals surface area contributed by atoms with Crippen molar-refractivity contribution in [3.63, 3.8) is 0 Å². The topological polar surface area (TPSA) is 64.2 Å². The quantitative estimate of drug-likeness (QED) is 0.719. The molecule has 0 spiro atoms. The van der Waals surface area contributed by atoms with Gasteiger partial charge < -0.3 is 10.2 Å². The molecule has 1 rings (SSSR count). The number of hydrogen-bond acceptors (Lipinski definition) is 3. The second-order valence-electron chi connectivity index (χ2n) is 2.24. The van der Waals surface area contributed by atoms with Crippen molar-refractivity contribution in [1.29, 1.82) is 5.26 Å². The predicted molar refractivity (Wildman–Crippen MR) is 46.4 cm³/mol. The van der Waals surface area contributed by atoms with Crippen molar-refractivity contribution in [3.8, 4) is 11.8 Å². The van der Waals surface area contributed by atoms with Crippen LogP contribution in [0.2, 0.25) is 0 Å². The molecule has 1 aromatic carbocycles. The zero-order valence-electron chi connectivity index (χ0n) is 6.03. The summed E-state index contributed by atoms with van der Waals surface area (Å²) in [5.74, 6) is 0.0301. The second kappa shape index (κ2) is 3.57. The number of aliphatic hydroxyl groups excluding tert-OH is 1. The Morgan fingerprint density at radius 2 is 2.17 bits per heavy atom. The third kappa shape index (κ3) is 1.76. The van der Waals surface area contributed by atoms with Crippen molar-refractivity contribution in [2.75, 3.05) is 0 Å². The van der Waals surface area contributed by atoms with Gasteiger partial charge >= 0.3 is 0 Å². The van der Waals surface area contributed by atoms with Crippen molar-refractivity contribution in [2.24, 2.45) is 0 Å². The molecule has 0 heterocycles. The summed E-state index contributed by atoms with van der Waals surface area (Å²) in [7, 11) is 0. The van der Waals surface area contributed by atoms with Crippen LogP contribution in [0.5, 0.6) is 5.75 Å². The molecule has 0 saturated carbocycles. The summed E-state index contributed by atoms with van der Waals surface area (Å²) < 4.78 is 0.606. The fourth-order valence-corrected chi connectivity index (χ4v) is 1.27. The largest absolute Gasteiger partial charge is 0.508 e. The molecule has 0 aliphatic rings. The number of nitrogens with zero attached hydrogens (tertiary/aromatic N) is 1. The van der Waals surface area contributed by atoms with E-state index in [1.165, 1.54) is 12.1 Å². The fraction of sp³-hybridized carbons (Fsp3) is 0.125. The van der Waals surface area contributed by atoms with Crippen LogP contribution in [-0.4, -0.2) is 10.2 Å². The monoisotopic (exact) mass is 227 g/mol. The lowest BCUT2D eigenvalue weighted by Gasteiger charge is -2.04. The molecule has 0 aromatic heterocycles. The Balaban J connectivity index is 3.15. The molecule has 0 fully saturated rings. The maximum absolute atomic E-state index is 9.13. The summed E-state index contributed by atoms with van der Waals surface area (Å²) in [6.45, 7) is 0. The van der Waals surface area contributed by atoms with Gasteiger partial charge in [-0.05, 0) is 18.2 Å². The highest BCUT2D eigenvalue weighted by atomic mass is 79.9. The maximum atomic E-state index is 9.13. The molecule has 1 atom stereocenters. The molecule has 0 radical (unpaired) electrons. The molecule has 0 aliphatic heterocycles. The number of aliphatic hydroxyl groups is 1. The molecule has 12 heavy (non-hydrogen) atoms. The van der Waals surface area contributed by atoms with Gasteiger partial charge in [0, 0.05) is 10.0 Å².